The van der Waals surface area contributed by atoms with E-state index in [2.05, 4.69) is 18.5 Å². The number of allylic oxidation sites excluding steroid dienone is 1. The predicted molar refractivity (Wildman–Crippen MR) is 97.4 cm³/mol. The van der Waals surface area contributed by atoms with Crippen molar-refractivity contribution in [1.82, 2.24) is 18.7 Å². The Kier molecular flexibility index (Phi) is 6.58. The Morgan fingerprint density at radius 3 is 2.58 bits per heavy atom. The maximum Gasteiger partial charge on any atom is 0.332 e. The van der Waals surface area contributed by atoms with E-state index in [9.17, 15) is 9.59 Å². The van der Waals surface area contributed by atoms with Gasteiger partial charge in [-0.1, -0.05) is 32.3 Å². The smallest absolute Gasteiger partial charge is 0.325 e. The van der Waals surface area contributed by atoms with Gasteiger partial charge < -0.3 is 4.57 Å². The van der Waals surface area contributed by atoms with Crippen LogP contribution in [0.3, 0.4) is 0 Å². The molecule has 0 aliphatic carbocycles. The fourth-order valence-electron chi connectivity index (χ4n) is 2.92. The standard InChI is InChI=1S/C18H28N4O2/c1-4-6-8-9-10-11-12-21-14-19-16-15(21)17(23)20(3)18(24)22(16)13-7-5-2/h4,14H,1,5-13H2,2-3H3. The van der Waals surface area contributed by atoms with Gasteiger partial charge in [0.2, 0.25) is 0 Å². The minimum atomic E-state index is -0.282. The van der Waals surface area contributed by atoms with E-state index in [0.29, 0.717) is 17.7 Å². The van der Waals surface area contributed by atoms with Gasteiger partial charge in [-0.15, -0.1) is 6.58 Å². The zero-order valence-corrected chi connectivity index (χ0v) is 14.8. The highest BCUT2D eigenvalue weighted by atomic mass is 16.2. The van der Waals surface area contributed by atoms with Crippen LogP contribution in [0.25, 0.3) is 11.2 Å². The van der Waals surface area contributed by atoms with Crippen molar-refractivity contribution in [1.29, 1.82) is 0 Å². The van der Waals surface area contributed by atoms with Gasteiger partial charge in [-0.3, -0.25) is 13.9 Å². The molecule has 0 aliphatic heterocycles. The van der Waals surface area contributed by atoms with E-state index in [0.717, 1.165) is 51.5 Å². The largest absolute Gasteiger partial charge is 0.332 e. The van der Waals surface area contributed by atoms with E-state index in [-0.39, 0.29) is 11.2 Å². The molecule has 0 radical (unpaired) electrons. The van der Waals surface area contributed by atoms with Gasteiger partial charge in [-0.25, -0.2) is 9.78 Å². The van der Waals surface area contributed by atoms with Crippen molar-refractivity contribution in [2.45, 2.75) is 65.0 Å². The van der Waals surface area contributed by atoms with Crippen LogP contribution >= 0.6 is 0 Å². The molecule has 0 saturated heterocycles. The monoisotopic (exact) mass is 332 g/mol. The molecular formula is C18H28N4O2. The van der Waals surface area contributed by atoms with Crippen LogP contribution in [0.15, 0.2) is 28.6 Å². The molecule has 2 aromatic heterocycles. The highest BCUT2D eigenvalue weighted by molar-refractivity contribution is 5.70. The van der Waals surface area contributed by atoms with Gasteiger partial charge in [-0.05, 0) is 25.7 Å². The molecule has 132 valence electrons. The second kappa shape index (κ2) is 8.66. The van der Waals surface area contributed by atoms with E-state index in [1.165, 1.54) is 4.57 Å². The van der Waals surface area contributed by atoms with Crippen LogP contribution in [0.1, 0.15) is 51.9 Å². The summed E-state index contributed by atoms with van der Waals surface area (Å²) < 4.78 is 4.72. The number of aromatic nitrogens is 4. The highest BCUT2D eigenvalue weighted by Crippen LogP contribution is 2.11. The van der Waals surface area contributed by atoms with Gasteiger partial charge in [0.25, 0.3) is 5.56 Å². The van der Waals surface area contributed by atoms with Crippen LogP contribution in [0, 0.1) is 0 Å². The first kappa shape index (κ1) is 18.2. The fourth-order valence-corrected chi connectivity index (χ4v) is 2.92. The number of nitrogens with zero attached hydrogens (tertiary/aromatic N) is 4. The summed E-state index contributed by atoms with van der Waals surface area (Å²) in [6.07, 6.45) is 11.0. The minimum Gasteiger partial charge on any atom is -0.325 e. The topological polar surface area (TPSA) is 61.8 Å². The molecule has 2 aromatic rings. The van der Waals surface area contributed by atoms with Crippen molar-refractivity contribution in [3.8, 4) is 0 Å². The summed E-state index contributed by atoms with van der Waals surface area (Å²) in [5.74, 6) is 0. The molecule has 0 unspecified atom stereocenters. The molecule has 0 fully saturated rings. The first-order valence-electron chi connectivity index (χ1n) is 8.87. The van der Waals surface area contributed by atoms with Crippen LogP contribution in [0.2, 0.25) is 0 Å². The van der Waals surface area contributed by atoms with Gasteiger partial charge >= 0.3 is 5.69 Å². The normalized spacial score (nSPS) is 11.2. The average Bonchev–Trinajstić information content (AvgIpc) is 3.00. The number of imidazole rings is 1. The molecule has 0 bridgehead atoms. The first-order valence-corrected chi connectivity index (χ1v) is 8.87. The molecule has 0 saturated carbocycles. The van der Waals surface area contributed by atoms with Crippen molar-refractivity contribution >= 4 is 11.2 Å². The summed E-state index contributed by atoms with van der Waals surface area (Å²) in [4.78, 5) is 29.2. The Hall–Kier alpha value is -2.11. The van der Waals surface area contributed by atoms with Crippen LogP contribution in [-0.2, 0) is 20.1 Å². The van der Waals surface area contributed by atoms with Gasteiger partial charge in [-0.2, -0.15) is 0 Å². The Labute approximate surface area is 142 Å². The average molecular weight is 332 g/mol. The zero-order chi connectivity index (χ0) is 17.5. The molecule has 6 heteroatoms. The summed E-state index contributed by atoms with van der Waals surface area (Å²) in [5, 5.41) is 0. The van der Waals surface area contributed by atoms with Crippen molar-refractivity contribution in [2.24, 2.45) is 7.05 Å². The molecule has 0 aromatic carbocycles. The lowest BCUT2D eigenvalue weighted by Crippen LogP contribution is -2.38. The van der Waals surface area contributed by atoms with Gasteiger partial charge in [0, 0.05) is 20.1 Å². The second-order valence-corrected chi connectivity index (χ2v) is 6.25. The summed E-state index contributed by atoms with van der Waals surface area (Å²) >= 11 is 0. The van der Waals surface area contributed by atoms with Crippen molar-refractivity contribution < 1.29 is 0 Å². The molecule has 0 aliphatic rings. The number of hydrogen-bond acceptors (Lipinski definition) is 3. The molecule has 0 amide bonds. The Morgan fingerprint density at radius 1 is 1.12 bits per heavy atom. The van der Waals surface area contributed by atoms with E-state index in [1.807, 2.05) is 10.6 Å². The van der Waals surface area contributed by atoms with E-state index in [4.69, 9.17) is 0 Å². The first-order chi connectivity index (χ1) is 11.6. The molecule has 0 N–H and O–H groups in total. The van der Waals surface area contributed by atoms with Gasteiger partial charge in [0.15, 0.2) is 11.2 Å². The highest BCUT2D eigenvalue weighted by Gasteiger charge is 2.15. The second-order valence-electron chi connectivity index (χ2n) is 6.25. The lowest BCUT2D eigenvalue weighted by atomic mass is 10.1. The molecule has 2 heterocycles. The summed E-state index contributed by atoms with van der Waals surface area (Å²) in [5.41, 5.74) is 0.519. The van der Waals surface area contributed by atoms with E-state index in [1.54, 1.807) is 17.9 Å². The third-order valence-electron chi connectivity index (χ3n) is 4.39. The molecular weight excluding hydrogens is 304 g/mol. The quantitative estimate of drug-likeness (QED) is 0.496. The Balaban J connectivity index is 2.23. The predicted octanol–water partition coefficient (Wildman–Crippen LogP) is 2.83. The molecule has 24 heavy (non-hydrogen) atoms. The number of aryl methyl sites for hydroxylation is 2. The Bertz CT molecular complexity index is 798. The number of fused-ring (bicyclic) bond motifs is 1. The summed E-state index contributed by atoms with van der Waals surface area (Å²) in [6, 6.07) is 0. The SMILES string of the molecule is C=CCCCCCCn1cnc2c1c(=O)n(C)c(=O)n2CCCC. The van der Waals surface area contributed by atoms with E-state index >= 15 is 0 Å². The van der Waals surface area contributed by atoms with Gasteiger partial charge in [0.1, 0.15) is 0 Å². The molecule has 0 spiro atoms. The lowest BCUT2D eigenvalue weighted by Gasteiger charge is -2.09. The van der Waals surface area contributed by atoms with Crippen LogP contribution in [-0.4, -0.2) is 18.7 Å². The van der Waals surface area contributed by atoms with Crippen molar-refractivity contribution in [2.75, 3.05) is 0 Å². The molecule has 6 nitrogen and oxygen atoms in total. The van der Waals surface area contributed by atoms with Crippen LogP contribution < -0.4 is 11.2 Å². The van der Waals surface area contributed by atoms with E-state index < -0.39 is 0 Å². The minimum absolute atomic E-state index is 0.257. The van der Waals surface area contributed by atoms with Crippen molar-refractivity contribution in [3.05, 3.63) is 39.8 Å². The summed E-state index contributed by atoms with van der Waals surface area (Å²) in [7, 11) is 1.54. The Morgan fingerprint density at radius 2 is 1.88 bits per heavy atom. The molecule has 2 rings (SSSR count). The van der Waals surface area contributed by atoms with Crippen LogP contribution in [0.4, 0.5) is 0 Å². The maximum absolute atomic E-state index is 12.5. The third-order valence-corrected chi connectivity index (χ3v) is 4.39. The number of rotatable bonds is 10. The van der Waals surface area contributed by atoms with Gasteiger partial charge in [0.05, 0.1) is 6.33 Å². The number of hydrogen-bond donors (Lipinski definition) is 0. The zero-order valence-electron chi connectivity index (χ0n) is 14.8. The van der Waals surface area contributed by atoms with Crippen LogP contribution in [0.5, 0.6) is 0 Å². The fraction of sp³-hybridized carbons (Fsp3) is 0.611. The number of unbranched alkanes of at least 4 members (excludes halogenated alkanes) is 5. The maximum atomic E-state index is 12.5. The lowest BCUT2D eigenvalue weighted by molar-refractivity contribution is 0.572. The molecule has 0 atom stereocenters. The van der Waals surface area contributed by atoms with Crippen molar-refractivity contribution in [3.63, 3.8) is 0 Å². The summed E-state index contributed by atoms with van der Waals surface area (Å²) in [6.45, 7) is 7.16. The third kappa shape index (κ3) is 3.86.